The normalized spacial score (nSPS) is 12.9. The number of nitrogens with one attached hydrogen (secondary N) is 2. The van der Waals surface area contributed by atoms with Crippen LogP contribution in [0.15, 0.2) is 64.2 Å². The molecule has 12 heteroatoms. The standard InChI is InChI=1S/C24H24ClN5O6/c1-29-20-19(21(32)28-24(29)35)30(12-16(31)13-36-17-9-7-15(25)8-10-17)23(27-20)26-18(22(33)34)11-14-5-3-2-4-6-14/h2-10,16,18,31H,11-13H2,1H3,(H,26,27)(H,33,34)(H,28,32,35)/t16-,18-/m1/s1. The zero-order valence-electron chi connectivity index (χ0n) is 19.2. The molecule has 0 amide bonds. The van der Waals surface area contributed by atoms with Gasteiger partial charge in [-0.15, -0.1) is 0 Å². The fourth-order valence-electron chi connectivity index (χ4n) is 3.71. The minimum Gasteiger partial charge on any atom is -0.491 e. The first kappa shape index (κ1) is 25.0. The van der Waals surface area contributed by atoms with E-state index in [1.807, 2.05) is 6.07 Å². The lowest BCUT2D eigenvalue weighted by Crippen LogP contribution is -2.34. The fourth-order valence-corrected chi connectivity index (χ4v) is 3.84. The molecule has 2 atom stereocenters. The van der Waals surface area contributed by atoms with E-state index in [2.05, 4.69) is 15.3 Å². The number of aromatic amines is 1. The van der Waals surface area contributed by atoms with Crippen LogP contribution in [0.1, 0.15) is 5.56 Å². The summed E-state index contributed by atoms with van der Waals surface area (Å²) in [5, 5.41) is 23.9. The fraction of sp³-hybridized carbons (Fsp3) is 0.250. The predicted molar refractivity (Wildman–Crippen MR) is 134 cm³/mol. The Labute approximate surface area is 209 Å². The first-order valence-electron chi connectivity index (χ1n) is 11.0. The highest BCUT2D eigenvalue weighted by Crippen LogP contribution is 2.20. The molecule has 2 aromatic carbocycles. The lowest BCUT2D eigenvalue weighted by Gasteiger charge is -2.19. The summed E-state index contributed by atoms with van der Waals surface area (Å²) in [4.78, 5) is 43.4. The number of hydrogen-bond acceptors (Lipinski definition) is 7. The van der Waals surface area contributed by atoms with Crippen molar-refractivity contribution in [3.05, 3.63) is 86.0 Å². The molecule has 0 saturated carbocycles. The van der Waals surface area contributed by atoms with E-state index < -0.39 is 29.4 Å². The second kappa shape index (κ2) is 10.7. The number of anilines is 1. The number of halogens is 1. The molecule has 4 N–H and O–H groups in total. The van der Waals surface area contributed by atoms with Gasteiger partial charge in [-0.3, -0.25) is 14.3 Å². The van der Waals surface area contributed by atoms with Crippen molar-refractivity contribution in [3.8, 4) is 5.75 Å². The summed E-state index contributed by atoms with van der Waals surface area (Å²) in [6.07, 6.45) is -0.968. The van der Waals surface area contributed by atoms with Crippen molar-refractivity contribution in [1.29, 1.82) is 0 Å². The lowest BCUT2D eigenvalue weighted by atomic mass is 10.1. The molecule has 4 aromatic rings. The number of H-pyrrole nitrogens is 1. The van der Waals surface area contributed by atoms with Gasteiger partial charge in [-0.2, -0.15) is 4.98 Å². The van der Waals surface area contributed by atoms with Crippen LogP contribution in [0.5, 0.6) is 5.75 Å². The van der Waals surface area contributed by atoms with Gasteiger partial charge in [0.1, 0.15) is 24.5 Å². The highest BCUT2D eigenvalue weighted by Gasteiger charge is 2.25. The number of ether oxygens (including phenoxy) is 1. The summed E-state index contributed by atoms with van der Waals surface area (Å²) < 4.78 is 8.09. The van der Waals surface area contributed by atoms with Gasteiger partial charge < -0.3 is 24.8 Å². The van der Waals surface area contributed by atoms with E-state index in [9.17, 15) is 24.6 Å². The Morgan fingerprint density at radius 3 is 2.53 bits per heavy atom. The molecule has 0 spiro atoms. The Kier molecular flexibility index (Phi) is 7.41. The van der Waals surface area contributed by atoms with E-state index in [-0.39, 0.29) is 36.7 Å². The van der Waals surface area contributed by atoms with Crippen molar-refractivity contribution in [2.45, 2.75) is 25.1 Å². The summed E-state index contributed by atoms with van der Waals surface area (Å²) in [7, 11) is 1.43. The molecular weight excluding hydrogens is 490 g/mol. The van der Waals surface area contributed by atoms with E-state index in [0.29, 0.717) is 10.8 Å². The summed E-state index contributed by atoms with van der Waals surface area (Å²) in [6.45, 7) is -0.290. The topological polar surface area (TPSA) is 151 Å². The van der Waals surface area contributed by atoms with Crippen LogP contribution >= 0.6 is 11.6 Å². The summed E-state index contributed by atoms with van der Waals surface area (Å²) in [5.41, 5.74) is -0.555. The molecule has 0 bridgehead atoms. The number of carbonyl (C=O) groups is 1. The van der Waals surface area contributed by atoms with E-state index >= 15 is 0 Å². The third-order valence-electron chi connectivity index (χ3n) is 5.54. The van der Waals surface area contributed by atoms with Gasteiger partial charge in [0.15, 0.2) is 11.2 Å². The summed E-state index contributed by atoms with van der Waals surface area (Å²) in [5.74, 6) is -0.626. The van der Waals surface area contributed by atoms with Gasteiger partial charge in [0.05, 0.1) is 6.54 Å². The maximum Gasteiger partial charge on any atom is 0.329 e. The quantitative estimate of drug-likeness (QED) is 0.250. The van der Waals surface area contributed by atoms with Crippen LogP contribution in [0.4, 0.5) is 5.95 Å². The number of carboxylic acids is 1. The van der Waals surface area contributed by atoms with Crippen LogP contribution in [0.25, 0.3) is 11.2 Å². The van der Waals surface area contributed by atoms with Crippen molar-refractivity contribution in [2.24, 2.45) is 7.05 Å². The number of aromatic nitrogens is 4. The second-order valence-corrected chi connectivity index (χ2v) is 8.62. The van der Waals surface area contributed by atoms with Crippen LogP contribution in [0.2, 0.25) is 5.02 Å². The average Bonchev–Trinajstić information content (AvgIpc) is 3.20. The van der Waals surface area contributed by atoms with Crippen LogP contribution in [-0.4, -0.2) is 54.0 Å². The van der Waals surface area contributed by atoms with Crippen molar-refractivity contribution >= 4 is 34.7 Å². The van der Waals surface area contributed by atoms with Gasteiger partial charge in [0.25, 0.3) is 5.56 Å². The third kappa shape index (κ3) is 5.58. The van der Waals surface area contributed by atoms with Gasteiger partial charge in [-0.25, -0.2) is 9.59 Å². The monoisotopic (exact) mass is 513 g/mol. The molecule has 4 rings (SSSR count). The number of aliphatic hydroxyl groups excluding tert-OH is 1. The van der Waals surface area contributed by atoms with Gasteiger partial charge >= 0.3 is 11.7 Å². The molecular formula is C24H24ClN5O6. The average molecular weight is 514 g/mol. The first-order valence-corrected chi connectivity index (χ1v) is 11.4. The molecule has 0 unspecified atom stereocenters. The number of fused-ring (bicyclic) bond motifs is 1. The summed E-state index contributed by atoms with van der Waals surface area (Å²) in [6, 6.07) is 14.5. The van der Waals surface area contributed by atoms with E-state index in [4.69, 9.17) is 16.3 Å². The first-order chi connectivity index (χ1) is 17.2. The summed E-state index contributed by atoms with van der Waals surface area (Å²) >= 11 is 5.87. The maximum atomic E-state index is 12.7. The van der Waals surface area contributed by atoms with Crippen LogP contribution < -0.4 is 21.3 Å². The zero-order chi connectivity index (χ0) is 25.8. The Bertz CT molecular complexity index is 1480. The molecule has 0 saturated heterocycles. The number of hydrogen-bond donors (Lipinski definition) is 4. The number of rotatable bonds is 10. The molecule has 0 aliphatic carbocycles. The number of benzene rings is 2. The molecule has 2 heterocycles. The molecule has 2 aromatic heterocycles. The minimum absolute atomic E-state index is 0.00833. The van der Waals surface area contributed by atoms with Gasteiger partial charge in [0.2, 0.25) is 5.95 Å². The van der Waals surface area contributed by atoms with Crippen LogP contribution in [0, 0.1) is 0 Å². The van der Waals surface area contributed by atoms with Crippen molar-refractivity contribution < 1.29 is 19.7 Å². The SMILES string of the molecule is Cn1c(=O)[nH]c(=O)c2c1nc(N[C@H](Cc1ccccc1)C(=O)O)n2C[C@@H](O)COc1ccc(Cl)cc1. The van der Waals surface area contributed by atoms with Crippen molar-refractivity contribution in [2.75, 3.05) is 11.9 Å². The minimum atomic E-state index is -1.13. The molecule has 36 heavy (non-hydrogen) atoms. The van der Waals surface area contributed by atoms with Crippen molar-refractivity contribution in [1.82, 2.24) is 19.1 Å². The zero-order valence-corrected chi connectivity index (χ0v) is 20.0. The Morgan fingerprint density at radius 1 is 1.17 bits per heavy atom. The van der Waals surface area contributed by atoms with E-state index in [1.165, 1.54) is 11.6 Å². The van der Waals surface area contributed by atoms with E-state index in [0.717, 1.165) is 10.1 Å². The number of aliphatic hydroxyl groups is 1. The second-order valence-electron chi connectivity index (χ2n) is 8.18. The van der Waals surface area contributed by atoms with Crippen LogP contribution in [-0.2, 0) is 24.8 Å². The highest BCUT2D eigenvalue weighted by atomic mass is 35.5. The Hall–Kier alpha value is -4.09. The maximum absolute atomic E-state index is 12.7. The number of imidazole rings is 1. The smallest absolute Gasteiger partial charge is 0.329 e. The molecule has 0 fully saturated rings. The number of nitrogens with zero attached hydrogens (tertiary/aromatic N) is 3. The molecule has 188 valence electrons. The number of aryl methyl sites for hydroxylation is 1. The molecule has 0 aliphatic heterocycles. The molecule has 0 radical (unpaired) electrons. The van der Waals surface area contributed by atoms with Gasteiger partial charge in [-0.1, -0.05) is 41.9 Å². The lowest BCUT2D eigenvalue weighted by molar-refractivity contribution is -0.137. The van der Waals surface area contributed by atoms with Gasteiger partial charge in [0, 0.05) is 18.5 Å². The van der Waals surface area contributed by atoms with E-state index in [1.54, 1.807) is 48.5 Å². The molecule has 0 aliphatic rings. The highest BCUT2D eigenvalue weighted by molar-refractivity contribution is 6.30. The number of carboxylic acid groups (broad SMARTS) is 1. The molecule has 11 nitrogen and oxygen atoms in total. The van der Waals surface area contributed by atoms with Crippen molar-refractivity contribution in [3.63, 3.8) is 0 Å². The van der Waals surface area contributed by atoms with Crippen LogP contribution in [0.3, 0.4) is 0 Å². The third-order valence-corrected chi connectivity index (χ3v) is 5.79. The largest absolute Gasteiger partial charge is 0.491 e. The number of aliphatic carboxylic acids is 1. The Morgan fingerprint density at radius 2 is 1.86 bits per heavy atom. The Balaban J connectivity index is 1.66. The van der Waals surface area contributed by atoms with Gasteiger partial charge in [-0.05, 0) is 29.8 Å². The predicted octanol–water partition coefficient (Wildman–Crippen LogP) is 1.62.